The van der Waals surface area contributed by atoms with E-state index < -0.39 is 23.1 Å². The van der Waals surface area contributed by atoms with Gasteiger partial charge in [-0.25, -0.2) is 8.78 Å². The Bertz CT molecular complexity index is 587. The number of likely N-dealkylation sites (tertiary alicyclic amines) is 1. The van der Waals surface area contributed by atoms with Crippen molar-refractivity contribution in [1.82, 2.24) is 15.1 Å². The molecule has 0 unspecified atom stereocenters. The predicted molar refractivity (Wildman–Crippen MR) is 86.6 cm³/mol. The van der Waals surface area contributed by atoms with Crippen LogP contribution in [0.3, 0.4) is 0 Å². The third-order valence-corrected chi connectivity index (χ3v) is 4.19. The summed E-state index contributed by atoms with van der Waals surface area (Å²) in [5.41, 5.74) is -0.556. The molecule has 1 aromatic carbocycles. The molecule has 0 aromatic heterocycles. The summed E-state index contributed by atoms with van der Waals surface area (Å²) in [6, 6.07) is 3.22. The lowest BCUT2D eigenvalue weighted by molar-refractivity contribution is -0.133. The highest BCUT2D eigenvalue weighted by Crippen LogP contribution is 2.18. The molecule has 2 rings (SSSR count). The molecule has 5 nitrogen and oxygen atoms in total. The van der Waals surface area contributed by atoms with Crippen LogP contribution in [-0.2, 0) is 4.79 Å². The lowest BCUT2D eigenvalue weighted by Gasteiger charge is -2.26. The fourth-order valence-electron chi connectivity index (χ4n) is 2.96. The van der Waals surface area contributed by atoms with Gasteiger partial charge in [0.1, 0.15) is 17.2 Å². The SMILES string of the molecule is CN(C)C(=O)[C@@H]1CCCN1CCCNC(=O)c1c(F)cccc1F. The summed E-state index contributed by atoms with van der Waals surface area (Å²) in [5.74, 6) is -2.41. The molecule has 24 heavy (non-hydrogen) atoms. The van der Waals surface area contributed by atoms with Gasteiger partial charge < -0.3 is 10.2 Å². The largest absolute Gasteiger partial charge is 0.352 e. The Balaban J connectivity index is 1.80. The molecular weight excluding hydrogens is 316 g/mol. The van der Waals surface area contributed by atoms with E-state index >= 15 is 0 Å². The van der Waals surface area contributed by atoms with Crippen molar-refractivity contribution in [3.63, 3.8) is 0 Å². The van der Waals surface area contributed by atoms with Crippen LogP contribution < -0.4 is 5.32 Å². The van der Waals surface area contributed by atoms with Gasteiger partial charge in [0, 0.05) is 27.2 Å². The van der Waals surface area contributed by atoms with Crippen LogP contribution in [0.15, 0.2) is 18.2 Å². The average Bonchev–Trinajstić information content (AvgIpc) is 2.98. The summed E-state index contributed by atoms with van der Waals surface area (Å²) in [7, 11) is 3.48. The van der Waals surface area contributed by atoms with E-state index in [0.717, 1.165) is 31.5 Å². The molecule has 1 heterocycles. The van der Waals surface area contributed by atoms with E-state index in [9.17, 15) is 18.4 Å². The van der Waals surface area contributed by atoms with Crippen molar-refractivity contribution in [2.75, 3.05) is 33.7 Å². The standard InChI is InChI=1S/C17H23F2N3O2/c1-21(2)17(24)14-8-4-10-22(14)11-5-9-20-16(23)15-12(18)6-3-7-13(15)19/h3,6-7,14H,4-5,8-11H2,1-2H3,(H,20,23)/t14-/m0/s1. The Morgan fingerprint density at radius 1 is 1.29 bits per heavy atom. The second kappa shape index (κ2) is 8.19. The molecule has 2 amide bonds. The maximum absolute atomic E-state index is 13.5. The first-order chi connectivity index (χ1) is 11.4. The van der Waals surface area contributed by atoms with Gasteiger partial charge in [-0.3, -0.25) is 14.5 Å². The van der Waals surface area contributed by atoms with Crippen LogP contribution in [0.4, 0.5) is 8.78 Å². The summed E-state index contributed by atoms with van der Waals surface area (Å²) in [5, 5.41) is 2.53. The van der Waals surface area contributed by atoms with Gasteiger partial charge in [-0.05, 0) is 37.9 Å². The summed E-state index contributed by atoms with van der Waals surface area (Å²) < 4.78 is 27.0. The number of halogens is 2. The minimum atomic E-state index is -0.872. The summed E-state index contributed by atoms with van der Waals surface area (Å²) in [4.78, 5) is 27.7. The molecule has 132 valence electrons. The number of benzene rings is 1. The number of likely N-dealkylation sites (N-methyl/N-ethyl adjacent to an activating group) is 1. The number of hydrogen-bond acceptors (Lipinski definition) is 3. The first-order valence-corrected chi connectivity index (χ1v) is 8.09. The Labute approximate surface area is 140 Å². The van der Waals surface area contributed by atoms with Gasteiger partial charge in [-0.1, -0.05) is 6.07 Å². The number of carbonyl (C=O) groups excluding carboxylic acids is 2. The van der Waals surface area contributed by atoms with Gasteiger partial charge in [0.15, 0.2) is 0 Å². The third kappa shape index (κ3) is 4.29. The topological polar surface area (TPSA) is 52.7 Å². The van der Waals surface area contributed by atoms with Crippen LogP contribution in [0.1, 0.15) is 29.6 Å². The minimum Gasteiger partial charge on any atom is -0.352 e. The minimum absolute atomic E-state index is 0.0879. The van der Waals surface area contributed by atoms with Crippen LogP contribution in [-0.4, -0.2) is 61.4 Å². The van der Waals surface area contributed by atoms with E-state index in [1.807, 2.05) is 0 Å². The van der Waals surface area contributed by atoms with E-state index in [1.165, 1.54) is 6.07 Å². The molecule has 7 heteroatoms. The molecule has 1 N–H and O–H groups in total. The molecule has 0 radical (unpaired) electrons. The van der Waals surface area contributed by atoms with Gasteiger partial charge in [0.25, 0.3) is 5.91 Å². The maximum Gasteiger partial charge on any atom is 0.257 e. The fraction of sp³-hybridized carbons (Fsp3) is 0.529. The quantitative estimate of drug-likeness (QED) is 0.802. The molecule has 0 bridgehead atoms. The molecule has 1 aliphatic rings. The molecular formula is C17H23F2N3O2. The van der Waals surface area contributed by atoms with Crippen LogP contribution in [0, 0.1) is 11.6 Å². The van der Waals surface area contributed by atoms with Crippen molar-refractivity contribution < 1.29 is 18.4 Å². The molecule has 1 aromatic rings. The van der Waals surface area contributed by atoms with E-state index in [0.29, 0.717) is 19.5 Å². The first-order valence-electron chi connectivity index (χ1n) is 8.09. The first kappa shape index (κ1) is 18.3. The molecule has 1 saturated heterocycles. The van der Waals surface area contributed by atoms with E-state index in [-0.39, 0.29) is 11.9 Å². The average molecular weight is 339 g/mol. The highest BCUT2D eigenvalue weighted by molar-refractivity contribution is 5.94. The number of carbonyl (C=O) groups is 2. The molecule has 1 atom stereocenters. The van der Waals surface area contributed by atoms with Gasteiger partial charge in [0.05, 0.1) is 6.04 Å². The van der Waals surface area contributed by atoms with E-state index in [4.69, 9.17) is 0 Å². The Morgan fingerprint density at radius 3 is 2.58 bits per heavy atom. The highest BCUT2D eigenvalue weighted by Gasteiger charge is 2.31. The zero-order valence-corrected chi connectivity index (χ0v) is 14.0. The zero-order chi connectivity index (χ0) is 17.7. The Morgan fingerprint density at radius 2 is 1.96 bits per heavy atom. The van der Waals surface area contributed by atoms with Crippen molar-refractivity contribution in [3.05, 3.63) is 35.4 Å². The Hall–Kier alpha value is -2.02. The molecule has 1 fully saturated rings. The zero-order valence-electron chi connectivity index (χ0n) is 14.0. The maximum atomic E-state index is 13.5. The van der Waals surface area contributed by atoms with Gasteiger partial charge in [-0.15, -0.1) is 0 Å². The lowest BCUT2D eigenvalue weighted by atomic mass is 10.2. The number of nitrogens with one attached hydrogen (secondary N) is 1. The van der Waals surface area contributed by atoms with Crippen molar-refractivity contribution >= 4 is 11.8 Å². The molecule has 0 aliphatic carbocycles. The van der Waals surface area contributed by atoms with Crippen LogP contribution >= 0.6 is 0 Å². The van der Waals surface area contributed by atoms with Crippen molar-refractivity contribution in [2.45, 2.75) is 25.3 Å². The molecule has 0 saturated carbocycles. The van der Waals surface area contributed by atoms with Crippen LogP contribution in [0.25, 0.3) is 0 Å². The molecule has 0 spiro atoms. The highest BCUT2D eigenvalue weighted by atomic mass is 19.1. The summed E-state index contributed by atoms with van der Waals surface area (Å²) in [6.07, 6.45) is 2.42. The van der Waals surface area contributed by atoms with Crippen molar-refractivity contribution in [2.24, 2.45) is 0 Å². The number of nitrogens with zero attached hydrogens (tertiary/aromatic N) is 2. The Kier molecular flexibility index (Phi) is 6.25. The second-order valence-corrected chi connectivity index (χ2v) is 6.13. The summed E-state index contributed by atoms with van der Waals surface area (Å²) >= 11 is 0. The van der Waals surface area contributed by atoms with Gasteiger partial charge in [0.2, 0.25) is 5.91 Å². The normalized spacial score (nSPS) is 17.8. The van der Waals surface area contributed by atoms with Gasteiger partial charge >= 0.3 is 0 Å². The van der Waals surface area contributed by atoms with Crippen molar-refractivity contribution in [1.29, 1.82) is 0 Å². The van der Waals surface area contributed by atoms with Gasteiger partial charge in [-0.2, -0.15) is 0 Å². The van der Waals surface area contributed by atoms with Crippen LogP contribution in [0.2, 0.25) is 0 Å². The van der Waals surface area contributed by atoms with E-state index in [2.05, 4.69) is 10.2 Å². The second-order valence-electron chi connectivity index (χ2n) is 6.13. The lowest BCUT2D eigenvalue weighted by Crippen LogP contribution is -2.43. The number of rotatable bonds is 6. The third-order valence-electron chi connectivity index (χ3n) is 4.19. The molecule has 1 aliphatic heterocycles. The summed E-state index contributed by atoms with van der Waals surface area (Å²) in [6.45, 7) is 1.80. The van der Waals surface area contributed by atoms with Crippen molar-refractivity contribution in [3.8, 4) is 0 Å². The smallest absolute Gasteiger partial charge is 0.257 e. The van der Waals surface area contributed by atoms with Crippen LogP contribution in [0.5, 0.6) is 0 Å². The van der Waals surface area contributed by atoms with E-state index in [1.54, 1.807) is 19.0 Å². The fourth-order valence-corrected chi connectivity index (χ4v) is 2.96. The number of amides is 2. The number of hydrogen-bond donors (Lipinski definition) is 1. The monoisotopic (exact) mass is 339 g/mol. The predicted octanol–water partition coefficient (Wildman–Crippen LogP) is 1.64.